The van der Waals surface area contributed by atoms with Crippen molar-refractivity contribution in [2.24, 2.45) is 0 Å². The van der Waals surface area contributed by atoms with Crippen LogP contribution in [-0.2, 0) is 11.3 Å². The van der Waals surface area contributed by atoms with E-state index in [1.807, 2.05) is 4.90 Å². The molecule has 1 N–H and O–H groups in total. The van der Waals surface area contributed by atoms with Gasteiger partial charge in [-0.05, 0) is 32.8 Å². The smallest absolute Gasteiger partial charge is 0.170 e. The van der Waals surface area contributed by atoms with Crippen LogP contribution in [0.1, 0.15) is 32.3 Å². The fraction of sp³-hybridized carbons (Fsp3) is 0.667. The fourth-order valence-electron chi connectivity index (χ4n) is 2.59. The van der Waals surface area contributed by atoms with Gasteiger partial charge in [-0.25, -0.2) is 9.37 Å². The Kier molecular flexibility index (Phi) is 3.65. The Bertz CT molecular complexity index is 488. The lowest BCUT2D eigenvalue weighted by Crippen LogP contribution is -2.54. The van der Waals surface area contributed by atoms with Gasteiger partial charge in [-0.3, -0.25) is 0 Å². The fourth-order valence-corrected chi connectivity index (χ4v) is 2.59. The average Bonchev–Trinajstić information content (AvgIpc) is 3.22. The monoisotopic (exact) mass is 279 g/mol. The summed E-state index contributed by atoms with van der Waals surface area (Å²) in [4.78, 5) is 6.29. The van der Waals surface area contributed by atoms with Crippen molar-refractivity contribution in [3.8, 4) is 0 Å². The second-order valence-corrected chi connectivity index (χ2v) is 6.28. The number of hydrogen-bond donors (Lipinski definition) is 1. The molecule has 5 heteroatoms. The van der Waals surface area contributed by atoms with Gasteiger partial charge in [0.15, 0.2) is 11.6 Å². The van der Waals surface area contributed by atoms with E-state index in [-0.39, 0.29) is 11.4 Å². The van der Waals surface area contributed by atoms with Crippen molar-refractivity contribution in [1.29, 1.82) is 0 Å². The Morgan fingerprint density at radius 3 is 3.00 bits per heavy atom. The third kappa shape index (κ3) is 2.79. The molecular formula is C15H22FN3O. The van der Waals surface area contributed by atoms with Crippen molar-refractivity contribution in [2.75, 3.05) is 24.7 Å². The van der Waals surface area contributed by atoms with Gasteiger partial charge in [0.2, 0.25) is 0 Å². The highest BCUT2D eigenvalue weighted by atomic mass is 19.1. The van der Waals surface area contributed by atoms with Crippen LogP contribution in [0.2, 0.25) is 0 Å². The zero-order chi connectivity index (χ0) is 14.2. The second kappa shape index (κ2) is 5.30. The van der Waals surface area contributed by atoms with Crippen LogP contribution in [0.25, 0.3) is 0 Å². The summed E-state index contributed by atoms with van der Waals surface area (Å²) in [5, 5.41) is 3.35. The van der Waals surface area contributed by atoms with Crippen molar-refractivity contribution in [1.82, 2.24) is 10.3 Å². The molecular weight excluding hydrogens is 257 g/mol. The molecule has 1 aliphatic heterocycles. The lowest BCUT2D eigenvalue weighted by molar-refractivity contribution is 0.0634. The number of aromatic nitrogens is 1. The van der Waals surface area contributed by atoms with Gasteiger partial charge >= 0.3 is 0 Å². The summed E-state index contributed by atoms with van der Waals surface area (Å²) in [6.07, 6.45) is 4.11. The maximum Gasteiger partial charge on any atom is 0.170 e. The number of anilines is 1. The Labute approximate surface area is 119 Å². The Hall–Kier alpha value is -1.20. The van der Waals surface area contributed by atoms with E-state index in [9.17, 15) is 4.39 Å². The first kappa shape index (κ1) is 13.8. The highest BCUT2D eigenvalue weighted by molar-refractivity contribution is 5.46. The first-order valence-electron chi connectivity index (χ1n) is 7.30. The van der Waals surface area contributed by atoms with Crippen molar-refractivity contribution in [2.45, 2.75) is 44.8 Å². The Morgan fingerprint density at radius 1 is 1.50 bits per heavy atom. The van der Waals surface area contributed by atoms with Gasteiger partial charge in [-0.15, -0.1) is 0 Å². The predicted octanol–water partition coefficient (Wildman–Crippen LogP) is 2.09. The van der Waals surface area contributed by atoms with Gasteiger partial charge in [0.1, 0.15) is 0 Å². The summed E-state index contributed by atoms with van der Waals surface area (Å²) in [5.41, 5.74) is 0.471. The second-order valence-electron chi connectivity index (χ2n) is 6.28. The van der Waals surface area contributed by atoms with E-state index in [4.69, 9.17) is 4.74 Å². The van der Waals surface area contributed by atoms with Crippen LogP contribution in [0.3, 0.4) is 0 Å². The van der Waals surface area contributed by atoms with Crippen LogP contribution in [0.15, 0.2) is 12.3 Å². The molecule has 0 aromatic carbocycles. The molecule has 0 atom stereocenters. The molecule has 0 spiro atoms. The van der Waals surface area contributed by atoms with E-state index < -0.39 is 0 Å². The number of halogens is 1. The van der Waals surface area contributed by atoms with Gasteiger partial charge in [-0.1, -0.05) is 0 Å². The predicted molar refractivity (Wildman–Crippen MR) is 76.3 cm³/mol. The van der Waals surface area contributed by atoms with Gasteiger partial charge in [-0.2, -0.15) is 0 Å². The molecule has 4 nitrogen and oxygen atoms in total. The quantitative estimate of drug-likeness (QED) is 0.916. The maximum atomic E-state index is 14.7. The molecule has 2 fully saturated rings. The first-order valence-corrected chi connectivity index (χ1v) is 7.30. The number of ether oxygens (including phenoxy) is 1. The first-order chi connectivity index (χ1) is 9.58. The van der Waals surface area contributed by atoms with Crippen molar-refractivity contribution < 1.29 is 9.13 Å². The molecule has 0 amide bonds. The number of nitrogens with zero attached hydrogens (tertiary/aromatic N) is 2. The summed E-state index contributed by atoms with van der Waals surface area (Å²) >= 11 is 0. The molecule has 20 heavy (non-hydrogen) atoms. The molecule has 1 saturated heterocycles. The minimum Gasteiger partial charge on any atom is -0.377 e. The molecule has 110 valence electrons. The van der Waals surface area contributed by atoms with Gasteiger partial charge in [0.25, 0.3) is 0 Å². The van der Waals surface area contributed by atoms with Crippen molar-refractivity contribution in [3.05, 3.63) is 23.6 Å². The van der Waals surface area contributed by atoms with Gasteiger partial charge < -0.3 is 15.0 Å². The summed E-state index contributed by atoms with van der Waals surface area (Å²) in [6, 6.07) is 2.34. The van der Waals surface area contributed by atoms with Crippen LogP contribution in [0.4, 0.5) is 10.2 Å². The van der Waals surface area contributed by atoms with Gasteiger partial charge in [0.05, 0.1) is 18.8 Å². The third-order valence-electron chi connectivity index (χ3n) is 4.01. The molecule has 0 unspecified atom stereocenters. The molecule has 1 aromatic rings. The summed E-state index contributed by atoms with van der Waals surface area (Å²) in [6.45, 7) is 6.59. The summed E-state index contributed by atoms with van der Waals surface area (Å²) in [5.74, 6) is 0.254. The number of morpholine rings is 1. The summed E-state index contributed by atoms with van der Waals surface area (Å²) < 4.78 is 20.2. The minimum atomic E-state index is -0.228. The van der Waals surface area contributed by atoms with Crippen LogP contribution >= 0.6 is 0 Å². The molecule has 2 heterocycles. The van der Waals surface area contributed by atoms with E-state index >= 15 is 0 Å². The van der Waals surface area contributed by atoms with E-state index in [0.717, 1.165) is 0 Å². The average molecular weight is 279 g/mol. The SMILES string of the molecule is CC1(C)COCCN1c1nccc(CNC2CC2)c1F. The Balaban J connectivity index is 1.82. The molecule has 3 rings (SSSR count). The lowest BCUT2D eigenvalue weighted by Gasteiger charge is -2.43. The topological polar surface area (TPSA) is 37.4 Å². The minimum absolute atomic E-state index is 0.198. The zero-order valence-corrected chi connectivity index (χ0v) is 12.2. The maximum absolute atomic E-state index is 14.7. The largest absolute Gasteiger partial charge is 0.377 e. The summed E-state index contributed by atoms with van der Waals surface area (Å²) in [7, 11) is 0. The molecule has 1 aromatic heterocycles. The van der Waals surface area contributed by atoms with E-state index in [1.165, 1.54) is 12.8 Å². The molecule has 0 radical (unpaired) electrons. The normalized spacial score (nSPS) is 22.1. The Morgan fingerprint density at radius 2 is 2.30 bits per heavy atom. The number of hydrogen-bond acceptors (Lipinski definition) is 4. The van der Waals surface area contributed by atoms with Crippen molar-refractivity contribution in [3.63, 3.8) is 0 Å². The van der Waals surface area contributed by atoms with E-state index in [0.29, 0.717) is 43.7 Å². The highest BCUT2D eigenvalue weighted by Crippen LogP contribution is 2.29. The third-order valence-corrected chi connectivity index (χ3v) is 4.01. The molecule has 2 aliphatic rings. The highest BCUT2D eigenvalue weighted by Gasteiger charge is 2.33. The van der Waals surface area contributed by atoms with E-state index in [2.05, 4.69) is 24.1 Å². The molecule has 1 saturated carbocycles. The number of pyridine rings is 1. The number of nitrogens with one attached hydrogen (secondary N) is 1. The molecule has 0 bridgehead atoms. The van der Waals surface area contributed by atoms with Crippen LogP contribution < -0.4 is 10.2 Å². The zero-order valence-electron chi connectivity index (χ0n) is 12.2. The van der Waals surface area contributed by atoms with Crippen LogP contribution in [0, 0.1) is 5.82 Å². The van der Waals surface area contributed by atoms with Crippen molar-refractivity contribution >= 4 is 5.82 Å². The molecule has 1 aliphatic carbocycles. The standard InChI is InChI=1S/C15H22FN3O/c1-15(2)10-20-8-7-19(15)14-13(16)11(5-6-17-14)9-18-12-3-4-12/h5-6,12,18H,3-4,7-10H2,1-2H3. The van der Waals surface area contributed by atoms with Crippen LogP contribution in [-0.4, -0.2) is 36.3 Å². The van der Waals surface area contributed by atoms with E-state index in [1.54, 1.807) is 12.3 Å². The number of rotatable bonds is 4. The van der Waals surface area contributed by atoms with Crippen LogP contribution in [0.5, 0.6) is 0 Å². The van der Waals surface area contributed by atoms with Gasteiger partial charge in [0, 0.05) is 30.9 Å². The lowest BCUT2D eigenvalue weighted by atomic mass is 10.0.